The average Bonchev–Trinajstić information content (AvgIpc) is 2.66. The van der Waals surface area contributed by atoms with Gasteiger partial charge in [-0.15, -0.1) is 0 Å². The molecular weight excluding hydrogens is 490 g/mol. The molecule has 0 unspecified atom stereocenters. The van der Waals surface area contributed by atoms with Crippen molar-refractivity contribution in [3.8, 4) is 0 Å². The zero-order chi connectivity index (χ0) is 20.6. The van der Waals surface area contributed by atoms with Gasteiger partial charge in [0, 0.05) is 4.90 Å². The quantitative estimate of drug-likeness (QED) is 0.0567. The molecule has 144 valence electrons. The van der Waals surface area contributed by atoms with Crippen LogP contribution in [0.15, 0.2) is 56.2 Å². The Labute approximate surface area is 231 Å². The largest absolute Gasteiger partial charge is 1.00 e. The summed E-state index contributed by atoms with van der Waals surface area (Å²) in [4.78, 5) is 7.44. The Morgan fingerprint density at radius 1 is 0.967 bits per heavy atom. The fourth-order valence-electron chi connectivity index (χ4n) is 2.08. The summed E-state index contributed by atoms with van der Waals surface area (Å²) in [6.07, 6.45) is 2.93. The van der Waals surface area contributed by atoms with Crippen LogP contribution in [0.3, 0.4) is 0 Å². The number of rotatable bonds is 8. The molecule has 0 N–H and O–H groups in total. The van der Waals surface area contributed by atoms with Crippen LogP contribution >= 0.6 is 36.5 Å². The monoisotopic (exact) mass is 498 g/mol. The van der Waals surface area contributed by atoms with Crippen molar-refractivity contribution in [1.29, 1.82) is 0 Å². The number of hydrogen-bond acceptors (Lipinski definition) is 11. The Morgan fingerprint density at radius 3 is 2.03 bits per heavy atom. The third-order valence-corrected chi connectivity index (χ3v) is 4.94. The molecule has 0 fully saturated rings. The Balaban J connectivity index is 0.00000420. The van der Waals surface area contributed by atoms with Gasteiger partial charge in [-0.2, -0.15) is 14.3 Å². The smallest absolute Gasteiger partial charge is 0.744 e. The van der Waals surface area contributed by atoms with E-state index < -0.39 is 15.0 Å². The molecule has 2 aromatic rings. The summed E-state index contributed by atoms with van der Waals surface area (Å²) in [5, 5.41) is 17.8. The van der Waals surface area contributed by atoms with Crippen LogP contribution in [-0.2, 0) is 19.5 Å². The van der Waals surface area contributed by atoms with E-state index in [-0.39, 0.29) is 70.4 Å². The van der Waals surface area contributed by atoms with Crippen LogP contribution in [0.2, 0.25) is 0 Å². The average molecular weight is 498 g/mol. The van der Waals surface area contributed by atoms with Crippen molar-refractivity contribution in [2.24, 2.45) is 9.98 Å². The van der Waals surface area contributed by atoms with Crippen molar-refractivity contribution < 1.29 is 86.7 Å². The van der Waals surface area contributed by atoms with Gasteiger partial charge in [-0.3, -0.25) is 5.04 Å². The van der Waals surface area contributed by atoms with E-state index in [4.69, 9.17) is 0 Å². The van der Waals surface area contributed by atoms with Crippen LogP contribution in [-0.4, -0.2) is 23.3 Å². The molecule has 0 bridgehead atoms. The molecule has 2 aromatic carbocycles. The summed E-state index contributed by atoms with van der Waals surface area (Å²) in [7, 11) is -4.77. The van der Waals surface area contributed by atoms with Gasteiger partial charge in [-0.05, 0) is 59.8 Å². The molecule has 0 heterocycles. The number of benzene rings is 2. The van der Waals surface area contributed by atoms with Gasteiger partial charge >= 0.3 is 59.1 Å². The SMILES string of the molecule is O=S(=O)([O-])c1cc(N=C=S)ccc1/C=C/c1ccc(N=C=S)cc1SOO[O-].[Na+].[Na+]. The maximum atomic E-state index is 11.6. The molecule has 0 saturated carbocycles. The first-order valence-electron chi connectivity index (χ1n) is 7.10. The van der Waals surface area contributed by atoms with Gasteiger partial charge in [0.2, 0.25) is 0 Å². The normalized spacial score (nSPS) is 10.3. The van der Waals surface area contributed by atoms with Crippen molar-refractivity contribution in [3.05, 3.63) is 47.5 Å². The van der Waals surface area contributed by atoms with Crippen LogP contribution < -0.4 is 64.4 Å². The van der Waals surface area contributed by atoms with Crippen molar-refractivity contribution >= 4 is 80.4 Å². The fourth-order valence-corrected chi connectivity index (χ4v) is 3.49. The van der Waals surface area contributed by atoms with Crippen LogP contribution in [0, 0.1) is 0 Å². The molecule has 30 heavy (non-hydrogen) atoms. The van der Waals surface area contributed by atoms with Crippen LogP contribution in [0.5, 0.6) is 0 Å². The summed E-state index contributed by atoms with van der Waals surface area (Å²) in [5.41, 5.74) is 1.30. The van der Waals surface area contributed by atoms with Crippen molar-refractivity contribution in [2.75, 3.05) is 0 Å². The number of aliphatic imine (C=N–C) groups is 2. The van der Waals surface area contributed by atoms with E-state index in [0.29, 0.717) is 28.2 Å². The van der Waals surface area contributed by atoms with Gasteiger partial charge in [0.1, 0.15) is 10.1 Å². The molecule has 0 atom stereocenters. The molecule has 0 radical (unpaired) electrons. The van der Waals surface area contributed by atoms with Crippen LogP contribution in [0.25, 0.3) is 12.2 Å². The zero-order valence-electron chi connectivity index (χ0n) is 15.6. The first kappa shape index (κ1) is 29.9. The zero-order valence-corrected chi connectivity index (χ0v) is 22.9. The molecule has 14 heteroatoms. The predicted octanol–water partition coefficient (Wildman–Crippen LogP) is -2.53. The first-order chi connectivity index (χ1) is 13.4. The van der Waals surface area contributed by atoms with E-state index in [1.807, 2.05) is 0 Å². The van der Waals surface area contributed by atoms with E-state index >= 15 is 0 Å². The summed E-state index contributed by atoms with van der Waals surface area (Å²) >= 11 is 9.63. The molecule has 0 aromatic heterocycles. The van der Waals surface area contributed by atoms with Crippen LogP contribution in [0.1, 0.15) is 11.1 Å². The minimum Gasteiger partial charge on any atom is -0.744 e. The number of thiocarbonyl (C=S) groups is 2. The van der Waals surface area contributed by atoms with E-state index in [9.17, 15) is 18.2 Å². The standard InChI is InChI=1S/C16H10N2O6S4.2Na/c19-23-24-27-15-7-13(17-9-25)5-3-11(15)1-2-12-4-6-14(18-10-26)8-16(12)28(20,21)22;;/h1-8,19H,(H,20,21,22);;/q;2*+1/p-2/b2-1+;;. The van der Waals surface area contributed by atoms with Crippen molar-refractivity contribution in [3.63, 3.8) is 0 Å². The minimum absolute atomic E-state index is 0. The Kier molecular flexibility index (Phi) is 14.8. The molecule has 0 aliphatic carbocycles. The summed E-state index contributed by atoms with van der Waals surface area (Å²) in [5.74, 6) is 0. The van der Waals surface area contributed by atoms with Gasteiger partial charge in [0.05, 0.1) is 38.6 Å². The van der Waals surface area contributed by atoms with Gasteiger partial charge < -0.3 is 9.81 Å². The van der Waals surface area contributed by atoms with E-state index in [2.05, 4.69) is 54.1 Å². The van der Waals surface area contributed by atoms with E-state index in [1.54, 1.807) is 18.2 Å². The van der Waals surface area contributed by atoms with Gasteiger partial charge in [-0.1, -0.05) is 24.3 Å². The molecule has 0 aliphatic rings. The second kappa shape index (κ2) is 14.9. The molecule has 0 saturated heterocycles. The number of nitrogens with zero attached hydrogens (tertiary/aromatic N) is 2. The van der Waals surface area contributed by atoms with Gasteiger partial charge in [0.25, 0.3) is 0 Å². The molecule has 0 amide bonds. The van der Waals surface area contributed by atoms with E-state index in [0.717, 1.165) is 6.07 Å². The Hall–Kier alpha value is -0.0800. The Bertz CT molecular complexity index is 1110. The van der Waals surface area contributed by atoms with Gasteiger partial charge in [0.15, 0.2) is 0 Å². The minimum atomic E-state index is -4.77. The maximum absolute atomic E-state index is 11.6. The molecule has 2 rings (SSSR count). The summed E-state index contributed by atoms with van der Waals surface area (Å²) < 4.78 is 39.0. The predicted molar refractivity (Wildman–Crippen MR) is 107 cm³/mol. The maximum Gasteiger partial charge on any atom is 1.00 e. The fraction of sp³-hybridized carbons (Fsp3) is 0. The summed E-state index contributed by atoms with van der Waals surface area (Å²) in [6.45, 7) is 0. The third-order valence-electron chi connectivity index (χ3n) is 3.21. The third kappa shape index (κ3) is 9.19. The van der Waals surface area contributed by atoms with Crippen LogP contribution in [0.4, 0.5) is 11.4 Å². The molecular formula is C16H8N2Na2O6S4. The second-order valence-electron chi connectivity index (χ2n) is 4.86. The molecule has 8 nitrogen and oxygen atoms in total. The Morgan fingerprint density at radius 2 is 1.50 bits per heavy atom. The first-order valence-corrected chi connectivity index (χ1v) is 10.1. The summed E-state index contributed by atoms with van der Waals surface area (Å²) in [6, 6.07) is 8.77. The second-order valence-corrected chi connectivity index (χ2v) is 7.31. The van der Waals surface area contributed by atoms with Crippen molar-refractivity contribution in [1.82, 2.24) is 0 Å². The van der Waals surface area contributed by atoms with Gasteiger partial charge in [-0.25, -0.2) is 8.42 Å². The van der Waals surface area contributed by atoms with Crippen molar-refractivity contribution in [2.45, 2.75) is 9.79 Å². The molecule has 0 spiro atoms. The molecule has 0 aliphatic heterocycles. The number of hydrogen-bond donors (Lipinski definition) is 0. The number of isothiocyanates is 2. The van der Waals surface area contributed by atoms with E-state index in [1.165, 1.54) is 24.3 Å². The topological polar surface area (TPSA) is 123 Å².